The number of nitrogens with zero attached hydrogens (tertiary/aromatic N) is 1. The minimum absolute atomic E-state index is 0.0372. The second-order valence-electron chi connectivity index (χ2n) is 6.89. The Kier molecular flexibility index (Phi) is 5.38. The lowest BCUT2D eigenvalue weighted by Crippen LogP contribution is -2.51. The first kappa shape index (κ1) is 19.5. The van der Waals surface area contributed by atoms with Crippen molar-refractivity contribution in [2.45, 2.75) is 12.5 Å². The molecule has 1 aliphatic rings. The maximum Gasteiger partial charge on any atom is 0.310 e. The molecule has 0 radical (unpaired) electrons. The van der Waals surface area contributed by atoms with Gasteiger partial charge in [-0.05, 0) is 23.8 Å². The first-order chi connectivity index (χ1) is 14.6. The number of benzene rings is 2. The van der Waals surface area contributed by atoms with Crippen LogP contribution in [0, 0.1) is 0 Å². The summed E-state index contributed by atoms with van der Waals surface area (Å²) in [5.41, 5.74) is 2.27. The fourth-order valence-electron chi connectivity index (χ4n) is 3.47. The molecule has 0 spiro atoms. The lowest BCUT2D eigenvalue weighted by molar-refractivity contribution is -0.147. The maximum absolute atomic E-state index is 12.8. The lowest BCUT2D eigenvalue weighted by atomic mass is 10.1. The number of carbonyl (C=O) groups is 3. The monoisotopic (exact) mass is 407 g/mol. The van der Waals surface area contributed by atoms with Crippen molar-refractivity contribution in [3.63, 3.8) is 0 Å². The van der Waals surface area contributed by atoms with E-state index in [1.54, 1.807) is 30.5 Å². The number of amides is 2. The van der Waals surface area contributed by atoms with Crippen molar-refractivity contribution < 1.29 is 23.9 Å². The van der Waals surface area contributed by atoms with E-state index in [-0.39, 0.29) is 18.9 Å². The number of H-pyrrole nitrogens is 1. The van der Waals surface area contributed by atoms with Gasteiger partial charge in [-0.3, -0.25) is 14.4 Å². The van der Waals surface area contributed by atoms with E-state index in [2.05, 4.69) is 10.3 Å². The van der Waals surface area contributed by atoms with Gasteiger partial charge in [-0.15, -0.1) is 0 Å². The Balaban J connectivity index is 1.42. The first-order valence-electron chi connectivity index (χ1n) is 9.55. The highest BCUT2D eigenvalue weighted by molar-refractivity contribution is 5.99. The Hall–Kier alpha value is -3.81. The summed E-state index contributed by atoms with van der Waals surface area (Å²) >= 11 is 0. The molecule has 1 aliphatic heterocycles. The maximum atomic E-state index is 12.8. The molecule has 0 aliphatic carbocycles. The van der Waals surface area contributed by atoms with Crippen LogP contribution in [0.15, 0.2) is 54.7 Å². The van der Waals surface area contributed by atoms with Crippen LogP contribution in [0.3, 0.4) is 0 Å². The van der Waals surface area contributed by atoms with Gasteiger partial charge < -0.3 is 24.7 Å². The minimum atomic E-state index is -0.837. The van der Waals surface area contributed by atoms with E-state index in [1.165, 1.54) is 11.9 Å². The molecule has 4 rings (SSSR count). The number of carbonyl (C=O) groups excluding carboxylic acids is 3. The van der Waals surface area contributed by atoms with Gasteiger partial charge in [0.1, 0.15) is 5.75 Å². The van der Waals surface area contributed by atoms with Crippen LogP contribution >= 0.6 is 0 Å². The van der Waals surface area contributed by atoms with Gasteiger partial charge in [-0.1, -0.05) is 30.3 Å². The standard InChI is InChI=1S/C22H21N3O5/c1-23-22(28)19-12-25(17-8-4-5-9-18(17)30-19)20(26)13-29-21(27)10-14-11-24-16-7-3-2-6-15(14)16/h2-9,11,19,24H,10,12-13H2,1H3,(H,23,28). The number of para-hydroxylation sites is 3. The van der Waals surface area contributed by atoms with E-state index in [0.29, 0.717) is 11.4 Å². The van der Waals surface area contributed by atoms with E-state index >= 15 is 0 Å². The summed E-state index contributed by atoms with van der Waals surface area (Å²) < 4.78 is 10.9. The normalized spacial score (nSPS) is 15.2. The van der Waals surface area contributed by atoms with E-state index in [0.717, 1.165) is 16.5 Å². The number of hydrogen-bond acceptors (Lipinski definition) is 5. The van der Waals surface area contributed by atoms with E-state index in [1.807, 2.05) is 24.3 Å². The number of esters is 1. The van der Waals surface area contributed by atoms with Crippen LogP contribution in [-0.2, 0) is 25.5 Å². The average molecular weight is 407 g/mol. The number of likely N-dealkylation sites (N-methyl/N-ethyl adjacent to an activating group) is 1. The molecule has 2 aromatic carbocycles. The molecule has 0 saturated heterocycles. The summed E-state index contributed by atoms with van der Waals surface area (Å²) in [5, 5.41) is 3.47. The highest BCUT2D eigenvalue weighted by Crippen LogP contribution is 2.33. The number of aromatic nitrogens is 1. The van der Waals surface area contributed by atoms with Crippen molar-refractivity contribution in [1.82, 2.24) is 10.3 Å². The number of rotatable bonds is 5. The number of hydrogen-bond donors (Lipinski definition) is 2. The summed E-state index contributed by atoms with van der Waals surface area (Å²) in [6, 6.07) is 14.6. The Labute approximate surface area is 172 Å². The number of aromatic amines is 1. The van der Waals surface area contributed by atoms with E-state index < -0.39 is 24.6 Å². The molecular weight excluding hydrogens is 386 g/mol. The molecule has 1 unspecified atom stereocenters. The Morgan fingerprint density at radius 3 is 2.77 bits per heavy atom. The number of ether oxygens (including phenoxy) is 2. The lowest BCUT2D eigenvalue weighted by Gasteiger charge is -2.33. The smallest absolute Gasteiger partial charge is 0.310 e. The number of fused-ring (bicyclic) bond motifs is 2. The number of nitrogens with one attached hydrogen (secondary N) is 2. The van der Waals surface area contributed by atoms with Gasteiger partial charge in [0.25, 0.3) is 11.8 Å². The Morgan fingerprint density at radius 2 is 1.93 bits per heavy atom. The third kappa shape index (κ3) is 3.84. The van der Waals surface area contributed by atoms with Crippen molar-refractivity contribution in [2.24, 2.45) is 0 Å². The quantitative estimate of drug-likeness (QED) is 0.628. The summed E-state index contributed by atoms with van der Waals surface area (Å²) in [6.45, 7) is -0.383. The van der Waals surface area contributed by atoms with Crippen LogP contribution in [-0.4, -0.2) is 49.1 Å². The van der Waals surface area contributed by atoms with Crippen molar-refractivity contribution in [3.8, 4) is 5.75 Å². The molecule has 3 aromatic rings. The highest BCUT2D eigenvalue weighted by atomic mass is 16.5. The van der Waals surface area contributed by atoms with Gasteiger partial charge in [0.05, 0.1) is 18.7 Å². The van der Waals surface area contributed by atoms with Crippen LogP contribution in [0.2, 0.25) is 0 Å². The molecule has 30 heavy (non-hydrogen) atoms. The molecule has 154 valence electrons. The molecule has 2 N–H and O–H groups in total. The molecular formula is C22H21N3O5. The topological polar surface area (TPSA) is 101 Å². The summed E-state index contributed by atoms with van der Waals surface area (Å²) in [5.74, 6) is -0.834. The fourth-order valence-corrected chi connectivity index (χ4v) is 3.47. The predicted octanol–water partition coefficient (Wildman–Crippen LogP) is 1.79. The van der Waals surface area contributed by atoms with Gasteiger partial charge in [0.15, 0.2) is 12.7 Å². The van der Waals surface area contributed by atoms with E-state index in [4.69, 9.17) is 9.47 Å². The zero-order valence-electron chi connectivity index (χ0n) is 16.4. The van der Waals surface area contributed by atoms with Crippen molar-refractivity contribution in [3.05, 3.63) is 60.3 Å². The summed E-state index contributed by atoms with van der Waals surface area (Å²) in [6.07, 6.45) is 0.980. The van der Waals surface area contributed by atoms with Crippen LogP contribution in [0.25, 0.3) is 10.9 Å². The third-order valence-electron chi connectivity index (χ3n) is 4.98. The zero-order valence-corrected chi connectivity index (χ0v) is 16.4. The van der Waals surface area contributed by atoms with Crippen molar-refractivity contribution in [2.75, 3.05) is 25.1 Å². The van der Waals surface area contributed by atoms with Gasteiger partial charge in [-0.2, -0.15) is 0 Å². The largest absolute Gasteiger partial charge is 0.477 e. The van der Waals surface area contributed by atoms with Crippen LogP contribution in [0.4, 0.5) is 5.69 Å². The Morgan fingerprint density at radius 1 is 1.17 bits per heavy atom. The van der Waals surface area contributed by atoms with Gasteiger partial charge in [0, 0.05) is 24.1 Å². The average Bonchev–Trinajstić information content (AvgIpc) is 3.18. The molecule has 1 atom stereocenters. The second kappa shape index (κ2) is 8.28. The first-order valence-corrected chi connectivity index (χ1v) is 9.55. The Bertz CT molecular complexity index is 1110. The van der Waals surface area contributed by atoms with Gasteiger partial charge in [-0.25, -0.2) is 0 Å². The van der Waals surface area contributed by atoms with Crippen LogP contribution in [0.1, 0.15) is 5.56 Å². The zero-order chi connectivity index (χ0) is 21.1. The number of anilines is 1. The van der Waals surface area contributed by atoms with Crippen LogP contribution < -0.4 is 15.0 Å². The second-order valence-corrected chi connectivity index (χ2v) is 6.89. The predicted molar refractivity (Wildman–Crippen MR) is 110 cm³/mol. The highest BCUT2D eigenvalue weighted by Gasteiger charge is 2.33. The molecule has 0 saturated carbocycles. The molecule has 8 heteroatoms. The molecule has 0 fully saturated rings. The third-order valence-corrected chi connectivity index (χ3v) is 4.98. The van der Waals surface area contributed by atoms with Crippen molar-refractivity contribution >= 4 is 34.4 Å². The van der Waals surface area contributed by atoms with Crippen molar-refractivity contribution in [1.29, 1.82) is 0 Å². The van der Waals surface area contributed by atoms with E-state index in [9.17, 15) is 14.4 Å². The van der Waals surface area contributed by atoms with Crippen LogP contribution in [0.5, 0.6) is 5.75 Å². The molecule has 0 bridgehead atoms. The summed E-state index contributed by atoms with van der Waals surface area (Å²) in [7, 11) is 1.50. The van der Waals surface area contributed by atoms with Gasteiger partial charge >= 0.3 is 5.97 Å². The molecule has 8 nitrogen and oxygen atoms in total. The van der Waals surface area contributed by atoms with Gasteiger partial charge in [0.2, 0.25) is 0 Å². The minimum Gasteiger partial charge on any atom is -0.477 e. The molecule has 2 heterocycles. The SMILES string of the molecule is CNC(=O)C1CN(C(=O)COC(=O)Cc2c[nH]c3ccccc23)c2ccccc2O1. The molecule has 1 aromatic heterocycles. The summed E-state index contributed by atoms with van der Waals surface area (Å²) in [4.78, 5) is 41.7. The molecule has 2 amide bonds. The fraction of sp³-hybridized carbons (Fsp3) is 0.227.